The number of amides is 1. The first-order valence-electron chi connectivity index (χ1n) is 8.61. The fraction of sp³-hybridized carbons (Fsp3) is 0.263. The Hall–Kier alpha value is -2.74. The van der Waals surface area contributed by atoms with Crippen molar-refractivity contribution in [2.75, 3.05) is 12.9 Å². The number of ether oxygens (including phenoxy) is 1. The van der Waals surface area contributed by atoms with Gasteiger partial charge in [0.05, 0.1) is 7.11 Å². The lowest BCUT2D eigenvalue weighted by molar-refractivity contribution is 0.0977. The number of hydrogen-bond acceptors (Lipinski definition) is 5. The summed E-state index contributed by atoms with van der Waals surface area (Å²) in [6, 6.07) is 12.0. The largest absolute Gasteiger partial charge is 0.481 e. The van der Waals surface area contributed by atoms with Gasteiger partial charge in [-0.25, -0.2) is 4.98 Å². The minimum Gasteiger partial charge on any atom is -0.481 e. The highest BCUT2D eigenvalue weighted by Crippen LogP contribution is 2.57. The Labute approximate surface area is 159 Å². The van der Waals surface area contributed by atoms with Gasteiger partial charge in [-0.15, -0.1) is 10.2 Å². The van der Waals surface area contributed by atoms with E-state index in [0.29, 0.717) is 23.4 Å². The van der Waals surface area contributed by atoms with Crippen molar-refractivity contribution in [1.29, 1.82) is 0 Å². The van der Waals surface area contributed by atoms with Gasteiger partial charge in [0.25, 0.3) is 5.91 Å². The van der Waals surface area contributed by atoms with E-state index in [1.807, 2.05) is 13.0 Å². The summed E-state index contributed by atoms with van der Waals surface area (Å²) in [5, 5.41) is 10.9. The highest BCUT2D eigenvalue weighted by atomic mass is 32.3. The van der Waals surface area contributed by atoms with Crippen LogP contribution in [0.3, 0.4) is 0 Å². The predicted octanol–water partition coefficient (Wildman–Crippen LogP) is 4.04. The van der Waals surface area contributed by atoms with Gasteiger partial charge < -0.3 is 4.74 Å². The van der Waals surface area contributed by atoms with E-state index in [1.54, 1.807) is 36.4 Å². The molecule has 0 saturated carbocycles. The number of nitrogens with one attached hydrogen (secondary N) is 1. The number of amidine groups is 1. The molecule has 1 amide bonds. The summed E-state index contributed by atoms with van der Waals surface area (Å²) in [4.78, 5) is 16.5. The number of benzene rings is 1. The lowest BCUT2D eigenvalue weighted by atomic mass is 10.2. The SMILES string of the molecule is CCCCS1(F)C(NC(=O)c2ccccc2)=NN=C1c1ccnc(OC)c1. The zero-order valence-electron chi connectivity index (χ0n) is 15.2. The van der Waals surface area contributed by atoms with Gasteiger partial charge in [0.1, 0.15) is 5.04 Å². The molecule has 2 aromatic rings. The van der Waals surface area contributed by atoms with Crippen LogP contribution in [0.1, 0.15) is 35.7 Å². The van der Waals surface area contributed by atoms with Crippen molar-refractivity contribution in [1.82, 2.24) is 10.3 Å². The van der Waals surface area contributed by atoms with E-state index < -0.39 is 16.3 Å². The Morgan fingerprint density at radius 3 is 2.70 bits per heavy atom. The molecular formula is C19H21FN4O2S. The van der Waals surface area contributed by atoms with E-state index in [0.717, 1.165) is 6.42 Å². The Balaban J connectivity index is 1.88. The molecule has 1 aromatic carbocycles. The third-order valence-electron chi connectivity index (χ3n) is 4.07. The van der Waals surface area contributed by atoms with E-state index in [2.05, 4.69) is 20.5 Å². The monoisotopic (exact) mass is 388 g/mol. The summed E-state index contributed by atoms with van der Waals surface area (Å²) in [6.07, 6.45) is 3.02. The number of unbranched alkanes of at least 4 members (excludes halogenated alkanes) is 1. The van der Waals surface area contributed by atoms with Crippen LogP contribution in [0.15, 0.2) is 58.9 Å². The number of methoxy groups -OCH3 is 1. The van der Waals surface area contributed by atoms with Crippen LogP contribution in [0, 0.1) is 0 Å². The number of nitrogens with zero attached hydrogens (tertiary/aromatic N) is 3. The molecule has 1 atom stereocenters. The summed E-state index contributed by atoms with van der Waals surface area (Å²) in [5.41, 5.74) is 1.000. The van der Waals surface area contributed by atoms with Gasteiger partial charge in [0, 0.05) is 39.6 Å². The number of aromatic nitrogens is 1. The van der Waals surface area contributed by atoms with Crippen molar-refractivity contribution < 1.29 is 13.4 Å². The quantitative estimate of drug-likeness (QED) is 0.811. The second-order valence-electron chi connectivity index (χ2n) is 5.93. The van der Waals surface area contributed by atoms with Crippen LogP contribution < -0.4 is 10.1 Å². The molecule has 0 radical (unpaired) electrons. The maximum absolute atomic E-state index is 16.2. The highest BCUT2D eigenvalue weighted by molar-refractivity contribution is 8.52. The van der Waals surface area contributed by atoms with Gasteiger partial charge in [-0.2, -0.15) is 3.89 Å². The number of hydrogen-bond donors (Lipinski definition) is 1. The van der Waals surface area contributed by atoms with Crippen molar-refractivity contribution in [2.24, 2.45) is 10.2 Å². The van der Waals surface area contributed by atoms with Crippen LogP contribution >= 0.6 is 10.4 Å². The van der Waals surface area contributed by atoms with Crippen LogP contribution in [0.2, 0.25) is 0 Å². The summed E-state index contributed by atoms with van der Waals surface area (Å²) >= 11 is 0. The number of carbonyl (C=O) groups is 1. The lowest BCUT2D eigenvalue weighted by Gasteiger charge is -2.28. The summed E-state index contributed by atoms with van der Waals surface area (Å²) in [6.45, 7) is 1.99. The fourth-order valence-electron chi connectivity index (χ4n) is 2.61. The predicted molar refractivity (Wildman–Crippen MR) is 107 cm³/mol. The molecule has 1 aromatic heterocycles. The lowest BCUT2D eigenvalue weighted by Crippen LogP contribution is -2.34. The molecule has 1 unspecified atom stereocenters. The fourth-order valence-corrected chi connectivity index (χ4v) is 4.96. The maximum atomic E-state index is 16.2. The Bertz CT molecular complexity index is 888. The van der Waals surface area contributed by atoms with Crippen LogP contribution in [-0.4, -0.2) is 34.0 Å². The molecule has 1 N–H and O–H groups in total. The van der Waals surface area contributed by atoms with Gasteiger partial charge in [-0.3, -0.25) is 10.1 Å². The molecule has 2 heterocycles. The highest BCUT2D eigenvalue weighted by Gasteiger charge is 2.42. The van der Waals surface area contributed by atoms with E-state index in [4.69, 9.17) is 4.74 Å². The second-order valence-corrected chi connectivity index (χ2v) is 8.42. The number of carbonyl (C=O) groups excluding carboxylic acids is 1. The van der Waals surface area contributed by atoms with Crippen molar-refractivity contribution in [3.8, 4) is 5.88 Å². The topological polar surface area (TPSA) is 75.9 Å². The van der Waals surface area contributed by atoms with Gasteiger partial charge in [0.2, 0.25) is 11.0 Å². The van der Waals surface area contributed by atoms with Crippen molar-refractivity contribution in [3.05, 3.63) is 59.8 Å². The van der Waals surface area contributed by atoms with Gasteiger partial charge in [-0.05, 0) is 24.6 Å². The molecule has 0 saturated heterocycles. The standard InChI is InChI=1S/C19H21FN4O2S/c1-3-4-12-27(20)18(15-10-11-21-16(13-15)26-2)23-24-19(27)22-17(25)14-8-6-5-7-9-14/h5-11,13H,3-4,12H2,1-2H3,(H,22,24,25). The van der Waals surface area contributed by atoms with E-state index in [9.17, 15) is 4.79 Å². The average Bonchev–Trinajstić information content (AvgIpc) is 3.03. The third-order valence-corrected chi connectivity index (χ3v) is 6.65. The first-order chi connectivity index (χ1) is 13.1. The van der Waals surface area contributed by atoms with Crippen molar-refractivity contribution in [2.45, 2.75) is 19.8 Å². The third kappa shape index (κ3) is 4.00. The zero-order chi connectivity index (χ0) is 19.3. The first kappa shape index (κ1) is 19.0. The summed E-state index contributed by atoms with van der Waals surface area (Å²) < 4.78 is 21.3. The van der Waals surface area contributed by atoms with E-state index in [1.165, 1.54) is 13.3 Å². The number of halogens is 1. The maximum Gasteiger partial charge on any atom is 0.257 e. The molecule has 27 heavy (non-hydrogen) atoms. The van der Waals surface area contributed by atoms with Crippen LogP contribution in [0.25, 0.3) is 0 Å². The second kappa shape index (κ2) is 8.30. The minimum absolute atomic E-state index is 0.00409. The van der Waals surface area contributed by atoms with Crippen molar-refractivity contribution in [3.63, 3.8) is 0 Å². The molecule has 1 aliphatic heterocycles. The molecule has 0 bridgehead atoms. The molecule has 8 heteroatoms. The van der Waals surface area contributed by atoms with Crippen molar-refractivity contribution >= 4 is 26.5 Å². The molecule has 3 rings (SSSR count). The van der Waals surface area contributed by atoms with Gasteiger partial charge >= 0.3 is 0 Å². The molecule has 1 aliphatic rings. The molecule has 0 fully saturated rings. The van der Waals surface area contributed by atoms with Gasteiger partial charge in [0.15, 0.2) is 0 Å². The Morgan fingerprint density at radius 2 is 2.00 bits per heavy atom. The Kier molecular flexibility index (Phi) is 5.85. The number of rotatable bonds is 6. The molecule has 6 nitrogen and oxygen atoms in total. The Morgan fingerprint density at radius 1 is 1.22 bits per heavy atom. The summed E-state index contributed by atoms with van der Waals surface area (Å²) in [5.74, 6) is 0.222. The summed E-state index contributed by atoms with van der Waals surface area (Å²) in [7, 11) is -1.55. The molecule has 0 spiro atoms. The molecular weight excluding hydrogens is 367 g/mol. The minimum atomic E-state index is -3.04. The van der Waals surface area contributed by atoms with Gasteiger partial charge in [-0.1, -0.05) is 31.5 Å². The first-order valence-corrected chi connectivity index (χ1v) is 10.3. The van der Waals surface area contributed by atoms with E-state index in [-0.39, 0.29) is 16.0 Å². The average molecular weight is 388 g/mol. The van der Waals surface area contributed by atoms with Crippen LogP contribution in [0.5, 0.6) is 5.88 Å². The van der Waals surface area contributed by atoms with Crippen LogP contribution in [0.4, 0.5) is 3.89 Å². The number of pyridine rings is 1. The normalized spacial score (nSPS) is 21.0. The van der Waals surface area contributed by atoms with Crippen LogP contribution in [-0.2, 0) is 0 Å². The zero-order valence-corrected chi connectivity index (χ0v) is 16.0. The molecule has 0 aliphatic carbocycles. The molecule has 142 valence electrons. The smallest absolute Gasteiger partial charge is 0.257 e. The van der Waals surface area contributed by atoms with E-state index >= 15 is 3.89 Å².